The molecule has 3 aromatic carbocycles. The lowest BCUT2D eigenvalue weighted by Crippen LogP contribution is -2.42. The number of hydrazone groups is 1. The van der Waals surface area contributed by atoms with Gasteiger partial charge in [0.1, 0.15) is 11.5 Å². The van der Waals surface area contributed by atoms with E-state index in [1.807, 2.05) is 60.8 Å². The van der Waals surface area contributed by atoms with Crippen LogP contribution in [0.15, 0.2) is 78.9 Å². The molecule has 2 atom stereocenters. The van der Waals surface area contributed by atoms with Crippen LogP contribution in [0.2, 0.25) is 0 Å². The van der Waals surface area contributed by atoms with Gasteiger partial charge in [0.05, 0.1) is 14.2 Å². The lowest BCUT2D eigenvalue weighted by atomic mass is 9.99. The van der Waals surface area contributed by atoms with Gasteiger partial charge >= 0.3 is 5.91 Å². The summed E-state index contributed by atoms with van der Waals surface area (Å²) in [5, 5.41) is 2.89. The van der Waals surface area contributed by atoms with Crippen LogP contribution in [0.1, 0.15) is 27.5 Å². The molecular formula is C25H24N3O4+. The van der Waals surface area contributed by atoms with Crippen molar-refractivity contribution in [3.05, 3.63) is 95.6 Å². The van der Waals surface area contributed by atoms with Crippen molar-refractivity contribution < 1.29 is 23.7 Å². The molecule has 2 amide bonds. The zero-order valence-corrected chi connectivity index (χ0v) is 17.8. The molecule has 1 saturated heterocycles. The van der Waals surface area contributed by atoms with Gasteiger partial charge in [-0.3, -0.25) is 9.59 Å². The van der Waals surface area contributed by atoms with Gasteiger partial charge in [0.2, 0.25) is 12.3 Å². The molecule has 2 N–H and O–H groups in total. The molecule has 0 unspecified atom stereocenters. The van der Waals surface area contributed by atoms with Crippen LogP contribution in [0.3, 0.4) is 0 Å². The first-order chi connectivity index (χ1) is 15.6. The third-order valence-corrected chi connectivity index (χ3v) is 5.32. The van der Waals surface area contributed by atoms with Crippen molar-refractivity contribution in [2.75, 3.05) is 14.2 Å². The molecule has 1 heterocycles. The van der Waals surface area contributed by atoms with Crippen molar-refractivity contribution in [2.24, 2.45) is 0 Å². The molecule has 0 saturated carbocycles. The molecule has 7 nitrogen and oxygen atoms in total. The van der Waals surface area contributed by atoms with Crippen LogP contribution in [-0.4, -0.2) is 43.0 Å². The Morgan fingerprint density at radius 2 is 1.50 bits per heavy atom. The zero-order chi connectivity index (χ0) is 22.5. The van der Waals surface area contributed by atoms with Crippen LogP contribution in [0, 0.1) is 0 Å². The number of benzene rings is 3. The maximum Gasteiger partial charge on any atom is 0.304 e. The van der Waals surface area contributed by atoms with Crippen molar-refractivity contribution >= 4 is 18.0 Å². The summed E-state index contributed by atoms with van der Waals surface area (Å²) in [6.45, 7) is 0. The first-order valence-corrected chi connectivity index (χ1v) is 10.2. The molecule has 1 fully saturated rings. The lowest BCUT2D eigenvalue weighted by molar-refractivity contribution is -0.596. The van der Waals surface area contributed by atoms with E-state index in [-0.39, 0.29) is 11.8 Å². The predicted molar refractivity (Wildman–Crippen MR) is 120 cm³/mol. The number of rotatable bonds is 6. The molecule has 0 bridgehead atoms. The quantitative estimate of drug-likeness (QED) is 0.590. The summed E-state index contributed by atoms with van der Waals surface area (Å²) in [7, 11) is 3.16. The van der Waals surface area contributed by atoms with Gasteiger partial charge in [0.15, 0.2) is 6.04 Å². The number of nitrogens with zero attached hydrogens (tertiary/aromatic N) is 1. The average Bonchev–Trinajstić information content (AvgIpc) is 3.14. The SMILES string of the molecule is COc1ccc(C(=O)N[C@H]2C(=O)N/[N+](=C\c3ccccc3)[C@H]2c2ccc(OC)cc2)cc1. The van der Waals surface area contributed by atoms with Crippen molar-refractivity contribution in [2.45, 2.75) is 12.1 Å². The van der Waals surface area contributed by atoms with Crippen molar-refractivity contribution in [3.8, 4) is 11.5 Å². The molecule has 32 heavy (non-hydrogen) atoms. The van der Waals surface area contributed by atoms with Gasteiger partial charge in [-0.05, 0) is 60.7 Å². The molecular weight excluding hydrogens is 406 g/mol. The van der Waals surface area contributed by atoms with Crippen LogP contribution in [0.25, 0.3) is 0 Å². The van der Waals surface area contributed by atoms with Gasteiger partial charge in [-0.1, -0.05) is 18.2 Å². The van der Waals surface area contributed by atoms with E-state index in [1.54, 1.807) is 43.2 Å². The van der Waals surface area contributed by atoms with E-state index >= 15 is 0 Å². The van der Waals surface area contributed by atoms with E-state index in [9.17, 15) is 9.59 Å². The minimum Gasteiger partial charge on any atom is -0.497 e. The van der Waals surface area contributed by atoms with Crippen LogP contribution in [0.4, 0.5) is 0 Å². The molecule has 4 rings (SSSR count). The van der Waals surface area contributed by atoms with Crippen molar-refractivity contribution in [1.29, 1.82) is 0 Å². The van der Waals surface area contributed by atoms with Crippen molar-refractivity contribution in [1.82, 2.24) is 10.7 Å². The highest BCUT2D eigenvalue weighted by atomic mass is 16.5. The standard InChI is InChI=1S/C25H23N3O4/c1-31-20-12-8-18(9-13-20)23-22(26-24(29)19-10-14-21(32-2)15-11-19)25(30)27-28(23)16-17-6-4-3-5-7-17/h3-16,22-23H,1-2H3,(H-,26,27,29,30)/p+1/b28-16-/t22-,23+/m1/s1. The number of hydrogen-bond acceptors (Lipinski definition) is 4. The Morgan fingerprint density at radius 1 is 0.906 bits per heavy atom. The fraction of sp³-hybridized carbons (Fsp3) is 0.160. The fourth-order valence-corrected chi connectivity index (χ4v) is 3.65. The lowest BCUT2D eigenvalue weighted by Gasteiger charge is -2.15. The first kappa shape index (κ1) is 21.1. The topological polar surface area (TPSA) is 79.7 Å². The second-order valence-corrected chi connectivity index (χ2v) is 7.32. The van der Waals surface area contributed by atoms with Gasteiger partial charge < -0.3 is 14.8 Å². The number of methoxy groups -OCH3 is 2. The van der Waals surface area contributed by atoms with E-state index in [2.05, 4.69) is 10.7 Å². The largest absolute Gasteiger partial charge is 0.497 e. The molecule has 0 aliphatic carbocycles. The highest BCUT2D eigenvalue weighted by molar-refractivity contribution is 5.98. The average molecular weight is 430 g/mol. The summed E-state index contributed by atoms with van der Waals surface area (Å²) in [6, 6.07) is 22.6. The third-order valence-electron chi connectivity index (χ3n) is 5.32. The Kier molecular flexibility index (Phi) is 6.17. The highest BCUT2D eigenvalue weighted by Crippen LogP contribution is 2.27. The number of carbonyl (C=O) groups excluding carboxylic acids is 2. The molecule has 7 heteroatoms. The molecule has 162 valence electrons. The molecule has 3 aromatic rings. The van der Waals surface area contributed by atoms with E-state index in [0.717, 1.165) is 11.1 Å². The van der Waals surface area contributed by atoms with Crippen molar-refractivity contribution in [3.63, 3.8) is 0 Å². The Hall–Kier alpha value is -4.13. The summed E-state index contributed by atoms with van der Waals surface area (Å²) in [5.41, 5.74) is 5.10. The van der Waals surface area contributed by atoms with Gasteiger partial charge in [-0.2, -0.15) is 0 Å². The van der Waals surface area contributed by atoms with Crippen LogP contribution < -0.4 is 20.2 Å². The van der Waals surface area contributed by atoms with E-state index in [4.69, 9.17) is 9.47 Å². The second-order valence-electron chi connectivity index (χ2n) is 7.32. The second kappa shape index (κ2) is 9.34. The van der Waals surface area contributed by atoms with Gasteiger partial charge in [0, 0.05) is 16.7 Å². The normalized spacial score (nSPS) is 18.8. The molecule has 1 aliphatic rings. The molecule has 0 radical (unpaired) electrons. The Morgan fingerprint density at radius 3 is 2.09 bits per heavy atom. The predicted octanol–water partition coefficient (Wildman–Crippen LogP) is 2.72. The van der Waals surface area contributed by atoms with Gasteiger partial charge in [0.25, 0.3) is 5.91 Å². The summed E-state index contributed by atoms with van der Waals surface area (Å²) in [5.74, 6) is 0.732. The highest BCUT2D eigenvalue weighted by Gasteiger charge is 2.47. The van der Waals surface area contributed by atoms with Gasteiger partial charge in [-0.25, -0.2) is 0 Å². The number of ether oxygens (including phenoxy) is 2. The number of hydrazine groups is 1. The summed E-state index contributed by atoms with van der Waals surface area (Å²) in [6.07, 6.45) is 1.85. The van der Waals surface area contributed by atoms with Crippen LogP contribution in [-0.2, 0) is 4.79 Å². The summed E-state index contributed by atoms with van der Waals surface area (Å²) < 4.78 is 12.1. The van der Waals surface area contributed by atoms with E-state index in [0.29, 0.717) is 17.1 Å². The van der Waals surface area contributed by atoms with Crippen LogP contribution >= 0.6 is 0 Å². The summed E-state index contributed by atoms with van der Waals surface area (Å²) in [4.78, 5) is 25.8. The Balaban J connectivity index is 1.67. The maximum atomic E-state index is 12.9. The number of carbonyl (C=O) groups is 2. The molecule has 0 aromatic heterocycles. The Labute approximate surface area is 186 Å². The third kappa shape index (κ3) is 4.46. The van der Waals surface area contributed by atoms with Gasteiger partial charge in [-0.15, -0.1) is 10.1 Å². The Bertz CT molecular complexity index is 1130. The fourth-order valence-electron chi connectivity index (χ4n) is 3.65. The molecule has 1 aliphatic heterocycles. The monoisotopic (exact) mass is 430 g/mol. The summed E-state index contributed by atoms with van der Waals surface area (Å²) >= 11 is 0. The first-order valence-electron chi connectivity index (χ1n) is 10.2. The van der Waals surface area contributed by atoms with E-state index < -0.39 is 12.1 Å². The molecule has 0 spiro atoms. The van der Waals surface area contributed by atoms with E-state index in [1.165, 1.54) is 0 Å². The maximum absolute atomic E-state index is 12.9. The van der Waals surface area contributed by atoms with Crippen LogP contribution in [0.5, 0.6) is 11.5 Å². The minimum atomic E-state index is -0.794. The zero-order valence-electron chi connectivity index (χ0n) is 17.8. The number of hydrogen-bond donors (Lipinski definition) is 2. The number of nitrogens with one attached hydrogen (secondary N) is 2. The number of amides is 2. The minimum absolute atomic E-state index is 0.292. The smallest absolute Gasteiger partial charge is 0.304 e.